The highest BCUT2D eigenvalue weighted by atomic mass is 32.2. The number of benzene rings is 4. The van der Waals surface area contributed by atoms with Gasteiger partial charge < -0.3 is 9.47 Å². The Morgan fingerprint density at radius 1 is 0.758 bits per heavy atom. The van der Waals surface area contributed by atoms with Crippen molar-refractivity contribution in [2.75, 3.05) is 7.11 Å². The molecule has 33 heavy (non-hydrogen) atoms. The highest BCUT2D eigenvalue weighted by Crippen LogP contribution is 2.29. The van der Waals surface area contributed by atoms with Gasteiger partial charge in [0.25, 0.3) is 0 Å². The Kier molecular flexibility index (Phi) is 6.26. The lowest BCUT2D eigenvalue weighted by molar-refractivity contribution is 0.292. The van der Waals surface area contributed by atoms with Crippen LogP contribution in [-0.4, -0.2) is 21.9 Å². The molecule has 5 rings (SSSR count). The van der Waals surface area contributed by atoms with Crippen molar-refractivity contribution in [3.63, 3.8) is 0 Å². The van der Waals surface area contributed by atoms with Gasteiger partial charge in [0.1, 0.15) is 18.1 Å². The predicted molar refractivity (Wildman–Crippen MR) is 132 cm³/mol. The number of nitrogens with zero attached hydrogens (tertiary/aromatic N) is 3. The van der Waals surface area contributed by atoms with Crippen molar-refractivity contribution in [1.82, 2.24) is 14.8 Å². The average Bonchev–Trinajstić information content (AvgIpc) is 3.29. The number of thioether (sulfide) groups is 1. The van der Waals surface area contributed by atoms with E-state index in [1.165, 1.54) is 16.3 Å². The van der Waals surface area contributed by atoms with Crippen LogP contribution < -0.4 is 9.47 Å². The van der Waals surface area contributed by atoms with Gasteiger partial charge in [-0.3, -0.25) is 4.57 Å². The molecule has 0 amide bonds. The third-order valence-electron chi connectivity index (χ3n) is 5.38. The number of rotatable bonds is 8. The first kappa shape index (κ1) is 21.1. The molecule has 0 aliphatic carbocycles. The molecule has 0 saturated heterocycles. The van der Waals surface area contributed by atoms with Gasteiger partial charge in [-0.2, -0.15) is 0 Å². The summed E-state index contributed by atoms with van der Waals surface area (Å²) in [6.07, 6.45) is 0. The Morgan fingerprint density at radius 3 is 2.30 bits per heavy atom. The normalized spacial score (nSPS) is 10.9. The Labute approximate surface area is 197 Å². The van der Waals surface area contributed by atoms with Crippen LogP contribution in [0.4, 0.5) is 0 Å². The molecule has 164 valence electrons. The van der Waals surface area contributed by atoms with Crippen LogP contribution in [0, 0.1) is 0 Å². The van der Waals surface area contributed by atoms with E-state index in [0.29, 0.717) is 6.61 Å². The Morgan fingerprint density at radius 2 is 1.48 bits per heavy atom. The second-order valence-electron chi connectivity index (χ2n) is 7.46. The summed E-state index contributed by atoms with van der Waals surface area (Å²) in [5, 5.41) is 12.3. The zero-order valence-electron chi connectivity index (χ0n) is 18.2. The van der Waals surface area contributed by atoms with Crippen molar-refractivity contribution >= 4 is 22.5 Å². The van der Waals surface area contributed by atoms with Crippen molar-refractivity contribution < 1.29 is 9.47 Å². The second kappa shape index (κ2) is 9.79. The summed E-state index contributed by atoms with van der Waals surface area (Å²) in [6.45, 7) is 0.309. The zero-order valence-corrected chi connectivity index (χ0v) is 19.0. The molecule has 0 unspecified atom stereocenters. The van der Waals surface area contributed by atoms with E-state index in [1.807, 2.05) is 42.5 Å². The maximum Gasteiger partial charge on any atom is 0.196 e. The van der Waals surface area contributed by atoms with Gasteiger partial charge in [-0.25, -0.2) is 0 Å². The molecule has 0 atom stereocenters. The Hall–Kier alpha value is -3.77. The van der Waals surface area contributed by atoms with E-state index < -0.39 is 0 Å². The quantitative estimate of drug-likeness (QED) is 0.258. The van der Waals surface area contributed by atoms with Crippen LogP contribution in [0.25, 0.3) is 16.5 Å². The number of methoxy groups -OCH3 is 1. The van der Waals surface area contributed by atoms with E-state index in [0.717, 1.165) is 33.9 Å². The monoisotopic (exact) mass is 453 g/mol. The Balaban J connectivity index is 1.40. The minimum absolute atomic E-state index is 0.309. The molecule has 5 aromatic rings. The van der Waals surface area contributed by atoms with Crippen LogP contribution in [0.3, 0.4) is 0 Å². The predicted octanol–water partition coefficient (Wildman–Crippen LogP) is 6.30. The molecule has 6 heteroatoms. The first-order chi connectivity index (χ1) is 16.3. The van der Waals surface area contributed by atoms with Crippen LogP contribution in [-0.2, 0) is 12.4 Å². The number of hydrogen-bond donors (Lipinski definition) is 0. The molecule has 0 fully saturated rings. The Bertz CT molecular complexity index is 1350. The number of ether oxygens (including phenoxy) is 2. The van der Waals surface area contributed by atoms with Crippen molar-refractivity contribution in [3.05, 3.63) is 108 Å². The summed E-state index contributed by atoms with van der Waals surface area (Å²) in [5.41, 5.74) is 2.29. The summed E-state index contributed by atoms with van der Waals surface area (Å²) in [4.78, 5) is 0. The molecule has 0 N–H and O–H groups in total. The number of para-hydroxylation sites is 1. The van der Waals surface area contributed by atoms with Crippen molar-refractivity contribution in [2.45, 2.75) is 17.5 Å². The fourth-order valence-electron chi connectivity index (χ4n) is 3.70. The molecule has 5 nitrogen and oxygen atoms in total. The smallest absolute Gasteiger partial charge is 0.196 e. The molecule has 0 spiro atoms. The summed E-state index contributed by atoms with van der Waals surface area (Å²) in [5.74, 6) is 3.09. The molecule has 1 heterocycles. The van der Waals surface area contributed by atoms with Crippen LogP contribution >= 0.6 is 11.8 Å². The standard InChI is InChI=1S/C27H23N3O2S/c1-31-23-14-16-24(17-15-23)32-18-26-28-29-27(30(26)22-11-3-2-4-12-22)33-19-21-10-7-9-20-8-5-6-13-25(20)21/h2-17H,18-19H2,1H3. The average molecular weight is 454 g/mol. The third-order valence-corrected chi connectivity index (χ3v) is 6.36. The zero-order chi connectivity index (χ0) is 22.5. The van der Waals surface area contributed by atoms with E-state index >= 15 is 0 Å². The van der Waals surface area contributed by atoms with E-state index in [2.05, 4.69) is 69.4 Å². The molecule has 0 saturated carbocycles. The number of aromatic nitrogens is 3. The van der Waals surface area contributed by atoms with Crippen LogP contribution in [0.1, 0.15) is 11.4 Å². The topological polar surface area (TPSA) is 49.2 Å². The van der Waals surface area contributed by atoms with E-state index in [1.54, 1.807) is 18.9 Å². The third kappa shape index (κ3) is 4.71. The van der Waals surface area contributed by atoms with Crippen LogP contribution in [0.5, 0.6) is 11.5 Å². The van der Waals surface area contributed by atoms with Gasteiger partial charge in [0.15, 0.2) is 11.0 Å². The van der Waals surface area contributed by atoms with Gasteiger partial charge in [0.2, 0.25) is 0 Å². The minimum Gasteiger partial charge on any atom is -0.497 e. The highest BCUT2D eigenvalue weighted by Gasteiger charge is 2.16. The van der Waals surface area contributed by atoms with E-state index in [-0.39, 0.29) is 0 Å². The molecule has 4 aromatic carbocycles. The highest BCUT2D eigenvalue weighted by molar-refractivity contribution is 7.98. The van der Waals surface area contributed by atoms with E-state index in [9.17, 15) is 0 Å². The van der Waals surface area contributed by atoms with Gasteiger partial charge in [0, 0.05) is 11.4 Å². The molecule has 0 aliphatic heterocycles. The van der Waals surface area contributed by atoms with Gasteiger partial charge in [-0.15, -0.1) is 10.2 Å². The molecular formula is C27H23N3O2S. The number of fused-ring (bicyclic) bond motifs is 1. The molecule has 1 aromatic heterocycles. The number of hydrogen-bond acceptors (Lipinski definition) is 5. The largest absolute Gasteiger partial charge is 0.497 e. The molecule has 0 radical (unpaired) electrons. The summed E-state index contributed by atoms with van der Waals surface area (Å²) in [7, 11) is 1.65. The minimum atomic E-state index is 0.309. The maximum absolute atomic E-state index is 6.00. The van der Waals surface area contributed by atoms with Gasteiger partial charge >= 0.3 is 0 Å². The molecular weight excluding hydrogens is 430 g/mol. The van der Waals surface area contributed by atoms with Crippen LogP contribution in [0.15, 0.2) is 102 Å². The lowest BCUT2D eigenvalue weighted by atomic mass is 10.1. The van der Waals surface area contributed by atoms with Crippen molar-refractivity contribution in [2.24, 2.45) is 0 Å². The maximum atomic E-state index is 6.00. The SMILES string of the molecule is COc1ccc(OCc2nnc(SCc3cccc4ccccc34)n2-c2ccccc2)cc1. The summed E-state index contributed by atoms with van der Waals surface area (Å²) < 4.78 is 13.3. The fourth-order valence-corrected chi connectivity index (χ4v) is 4.68. The van der Waals surface area contributed by atoms with E-state index in [4.69, 9.17) is 9.47 Å². The van der Waals surface area contributed by atoms with Crippen molar-refractivity contribution in [3.8, 4) is 17.2 Å². The van der Waals surface area contributed by atoms with Gasteiger partial charge in [0.05, 0.1) is 7.11 Å². The van der Waals surface area contributed by atoms with Gasteiger partial charge in [-0.05, 0) is 52.7 Å². The first-order valence-corrected chi connectivity index (χ1v) is 11.7. The molecule has 0 aliphatic rings. The fraction of sp³-hybridized carbons (Fsp3) is 0.111. The molecule has 0 bridgehead atoms. The summed E-state index contributed by atoms with van der Waals surface area (Å²) in [6, 6.07) is 32.6. The second-order valence-corrected chi connectivity index (χ2v) is 8.40. The summed E-state index contributed by atoms with van der Waals surface area (Å²) >= 11 is 1.67. The van der Waals surface area contributed by atoms with Gasteiger partial charge in [-0.1, -0.05) is 72.4 Å². The lowest BCUT2D eigenvalue weighted by Gasteiger charge is -2.12. The first-order valence-electron chi connectivity index (χ1n) is 10.7. The van der Waals surface area contributed by atoms with Crippen molar-refractivity contribution in [1.29, 1.82) is 0 Å². The van der Waals surface area contributed by atoms with Crippen LogP contribution in [0.2, 0.25) is 0 Å². The lowest BCUT2D eigenvalue weighted by Crippen LogP contribution is -2.06.